The summed E-state index contributed by atoms with van der Waals surface area (Å²) >= 11 is 6.14. The van der Waals surface area contributed by atoms with E-state index in [1.807, 2.05) is 0 Å². The van der Waals surface area contributed by atoms with E-state index in [0.717, 1.165) is 37.0 Å². The van der Waals surface area contributed by atoms with Gasteiger partial charge in [0.2, 0.25) is 0 Å². The lowest BCUT2D eigenvalue weighted by Crippen LogP contribution is -2.52. The van der Waals surface area contributed by atoms with Crippen molar-refractivity contribution in [2.75, 3.05) is 0 Å². The zero-order chi connectivity index (χ0) is 28.0. The number of halogens is 1. The first kappa shape index (κ1) is 29.7. The lowest BCUT2D eigenvalue weighted by Gasteiger charge is -2.60. The van der Waals surface area contributed by atoms with Crippen LogP contribution in [-0.2, 0) is 9.09 Å². The van der Waals surface area contributed by atoms with Crippen molar-refractivity contribution < 1.29 is 18.5 Å². The van der Waals surface area contributed by atoms with Crippen LogP contribution in [0.2, 0.25) is 5.02 Å². The lowest BCUT2D eigenvalue weighted by molar-refractivity contribution is -0.0842. The van der Waals surface area contributed by atoms with Crippen molar-refractivity contribution in [3.8, 4) is 5.75 Å². The van der Waals surface area contributed by atoms with Crippen molar-refractivity contribution in [3.63, 3.8) is 0 Å². The second-order valence-electron chi connectivity index (χ2n) is 14.2. The summed E-state index contributed by atoms with van der Waals surface area (Å²) in [6.07, 6.45) is 15.5. The van der Waals surface area contributed by atoms with Crippen molar-refractivity contribution in [2.24, 2.45) is 46.3 Å². The second-order valence-corrected chi connectivity index (χ2v) is 16.0. The Hall–Kier alpha value is -0.800. The molecule has 4 aliphatic rings. The predicted molar refractivity (Wildman–Crippen MR) is 160 cm³/mol. The van der Waals surface area contributed by atoms with Crippen molar-refractivity contribution >= 4 is 19.4 Å². The van der Waals surface area contributed by atoms with Crippen LogP contribution < -0.4 is 4.52 Å². The van der Waals surface area contributed by atoms with Gasteiger partial charge < -0.3 is 4.52 Å². The summed E-state index contributed by atoms with van der Waals surface area (Å²) in [4.78, 5) is 10.5. The fraction of sp³-hybridized carbons (Fsp3) is 0.758. The molecule has 6 heteroatoms. The average Bonchev–Trinajstić information content (AvgIpc) is 3.22. The Morgan fingerprint density at radius 1 is 1.08 bits per heavy atom. The molecule has 4 aliphatic carbocycles. The van der Waals surface area contributed by atoms with Gasteiger partial charge in [-0.2, -0.15) is 0 Å². The van der Waals surface area contributed by atoms with Crippen LogP contribution in [0.4, 0.5) is 0 Å². The third-order valence-electron chi connectivity index (χ3n) is 11.5. The van der Waals surface area contributed by atoms with E-state index in [1.165, 1.54) is 51.4 Å². The highest BCUT2D eigenvalue weighted by molar-refractivity contribution is 7.47. The smallest absolute Gasteiger partial charge is 0.403 e. The Morgan fingerprint density at radius 3 is 2.59 bits per heavy atom. The van der Waals surface area contributed by atoms with Gasteiger partial charge >= 0.3 is 7.82 Å². The van der Waals surface area contributed by atoms with Crippen LogP contribution in [-0.4, -0.2) is 11.0 Å². The first-order valence-corrected chi connectivity index (χ1v) is 17.5. The molecular formula is C33H50ClO4P. The first-order chi connectivity index (χ1) is 18.4. The molecule has 0 heterocycles. The summed E-state index contributed by atoms with van der Waals surface area (Å²) in [5, 5.41) is 0.308. The largest absolute Gasteiger partial charge is 0.527 e. The van der Waals surface area contributed by atoms with Gasteiger partial charge in [-0.3, -0.25) is 9.42 Å². The normalized spacial score (nSPS) is 38.3. The van der Waals surface area contributed by atoms with E-state index < -0.39 is 7.82 Å². The lowest BCUT2D eigenvalue weighted by atomic mass is 9.45. The van der Waals surface area contributed by atoms with Crippen LogP contribution in [0.25, 0.3) is 0 Å². The van der Waals surface area contributed by atoms with E-state index in [9.17, 15) is 9.46 Å². The quantitative estimate of drug-likeness (QED) is 0.235. The van der Waals surface area contributed by atoms with Crippen LogP contribution in [0.1, 0.15) is 105 Å². The van der Waals surface area contributed by atoms with Gasteiger partial charge in [0, 0.05) is 0 Å². The van der Waals surface area contributed by atoms with Crippen LogP contribution in [0.15, 0.2) is 35.9 Å². The highest BCUT2D eigenvalue weighted by Crippen LogP contribution is 2.67. The number of phosphoric acid groups is 1. The molecule has 1 aromatic carbocycles. The zero-order valence-electron chi connectivity index (χ0n) is 24.7. The fourth-order valence-corrected chi connectivity index (χ4v) is 10.7. The van der Waals surface area contributed by atoms with Gasteiger partial charge in [-0.05, 0) is 110 Å². The number of para-hydroxylation sites is 1. The van der Waals surface area contributed by atoms with E-state index in [0.29, 0.717) is 28.2 Å². The highest BCUT2D eigenvalue weighted by Gasteiger charge is 2.58. The Morgan fingerprint density at radius 2 is 1.85 bits per heavy atom. The minimum absolute atomic E-state index is 0.189. The molecule has 1 N–H and O–H groups in total. The molecule has 0 radical (unpaired) electrons. The molecule has 218 valence electrons. The number of hydrogen-bond donors (Lipinski definition) is 1. The molecule has 0 aliphatic heterocycles. The van der Waals surface area contributed by atoms with Gasteiger partial charge in [-0.25, -0.2) is 4.57 Å². The molecule has 3 fully saturated rings. The Kier molecular flexibility index (Phi) is 8.73. The van der Waals surface area contributed by atoms with Gasteiger partial charge in [-0.1, -0.05) is 89.3 Å². The van der Waals surface area contributed by atoms with E-state index in [-0.39, 0.29) is 17.3 Å². The summed E-state index contributed by atoms with van der Waals surface area (Å²) in [6, 6.07) is 6.74. The number of allylic oxidation sites excluding steroid dienone is 2. The minimum atomic E-state index is -4.26. The van der Waals surface area contributed by atoms with E-state index in [4.69, 9.17) is 20.6 Å². The summed E-state index contributed by atoms with van der Waals surface area (Å²) < 4.78 is 24.0. The Bertz CT molecular complexity index is 1100. The maximum atomic E-state index is 12.9. The molecular weight excluding hydrogens is 527 g/mol. The third kappa shape index (κ3) is 5.93. The van der Waals surface area contributed by atoms with Gasteiger partial charge in [0.05, 0.1) is 11.1 Å². The third-order valence-corrected chi connectivity index (χ3v) is 12.9. The standard InChI is InChI=1S/C33H50ClO4P/c1-22(2)9-8-10-23(3)27-15-16-28-26-14-13-24-21-25(17-19-32(24,4)29(26)18-20-33(27,28)5)37-39(35,36)38-31-12-7-6-11-30(31)34/h6-7,11-12,16,22-27,29H,8-10,13-15,17-21H2,1-5H3,(H,35,36)/t23?,24?,25-,26?,27?,29?,32-,33+/m0/s1. The zero-order valence-corrected chi connectivity index (χ0v) is 26.4. The second kappa shape index (κ2) is 11.5. The molecule has 0 aromatic heterocycles. The monoisotopic (exact) mass is 576 g/mol. The predicted octanol–water partition coefficient (Wildman–Crippen LogP) is 10.2. The van der Waals surface area contributed by atoms with Crippen molar-refractivity contribution in [2.45, 2.75) is 111 Å². The van der Waals surface area contributed by atoms with Crippen LogP contribution in [0, 0.1) is 46.3 Å². The minimum Gasteiger partial charge on any atom is -0.403 e. The van der Waals surface area contributed by atoms with Gasteiger partial charge in [-0.15, -0.1) is 0 Å². The molecule has 4 nitrogen and oxygen atoms in total. The molecule has 0 saturated heterocycles. The molecule has 1 aromatic rings. The van der Waals surface area contributed by atoms with Gasteiger partial charge in [0.1, 0.15) is 5.75 Å². The van der Waals surface area contributed by atoms with Crippen molar-refractivity contribution in [1.82, 2.24) is 0 Å². The van der Waals surface area contributed by atoms with Crippen LogP contribution >= 0.6 is 19.4 Å². The summed E-state index contributed by atoms with van der Waals surface area (Å²) in [5.41, 5.74) is 2.45. The number of fused-ring (bicyclic) bond motifs is 5. The molecule has 0 bridgehead atoms. The number of rotatable bonds is 9. The van der Waals surface area contributed by atoms with Crippen LogP contribution in [0.5, 0.6) is 5.75 Å². The molecule has 0 amide bonds. The average molecular weight is 577 g/mol. The first-order valence-electron chi connectivity index (χ1n) is 15.6. The van der Waals surface area contributed by atoms with E-state index >= 15 is 0 Å². The molecule has 9 atom stereocenters. The maximum absolute atomic E-state index is 12.9. The molecule has 39 heavy (non-hydrogen) atoms. The van der Waals surface area contributed by atoms with E-state index in [1.54, 1.807) is 29.8 Å². The highest BCUT2D eigenvalue weighted by atomic mass is 35.5. The topological polar surface area (TPSA) is 55.8 Å². The fourth-order valence-electron chi connectivity index (χ4n) is 9.44. The molecule has 3 saturated carbocycles. The van der Waals surface area contributed by atoms with E-state index in [2.05, 4.69) is 40.7 Å². The maximum Gasteiger partial charge on any atom is 0.527 e. The molecule has 6 unspecified atom stereocenters. The molecule has 5 rings (SSSR count). The van der Waals surface area contributed by atoms with Crippen LogP contribution in [0.3, 0.4) is 0 Å². The van der Waals surface area contributed by atoms with Crippen molar-refractivity contribution in [3.05, 3.63) is 40.9 Å². The number of benzene rings is 1. The molecule has 0 spiro atoms. The Balaban J connectivity index is 1.22. The number of hydrogen-bond acceptors (Lipinski definition) is 3. The SMILES string of the molecule is CC(C)CCCC(C)C1CC=C2C3CCC4C[C@@H](OP(=O)(O)Oc5ccccc5Cl)CC[C@]4(C)C3CC[C@@]21C. The van der Waals surface area contributed by atoms with Crippen molar-refractivity contribution in [1.29, 1.82) is 0 Å². The summed E-state index contributed by atoms with van der Waals surface area (Å²) in [7, 11) is -4.26. The Labute approximate surface area is 241 Å². The summed E-state index contributed by atoms with van der Waals surface area (Å²) in [5.74, 6) is 4.53. The number of phosphoric ester groups is 1. The van der Waals surface area contributed by atoms with Gasteiger partial charge in [0.25, 0.3) is 0 Å². The van der Waals surface area contributed by atoms with Gasteiger partial charge in [0.15, 0.2) is 0 Å². The summed E-state index contributed by atoms with van der Waals surface area (Å²) in [6.45, 7) is 12.3.